The number of imide groups is 1. The monoisotopic (exact) mass is 776 g/mol. The molecule has 0 aromatic heterocycles. The zero-order valence-electron chi connectivity index (χ0n) is 32.4. The molecule has 0 bridgehead atoms. The number of nitriles is 1. The number of nitrogens with zero attached hydrogens (tertiary/aromatic N) is 6. The summed E-state index contributed by atoms with van der Waals surface area (Å²) < 4.78 is 0. The first kappa shape index (κ1) is 38.1. The number of hydrogen-bond donors (Lipinski definition) is 2. The van der Waals surface area contributed by atoms with Gasteiger partial charge in [-0.3, -0.25) is 24.6 Å². The number of amides is 3. The Morgan fingerprint density at radius 2 is 1.61 bits per heavy atom. The van der Waals surface area contributed by atoms with E-state index in [1.165, 1.54) is 5.69 Å². The summed E-state index contributed by atoms with van der Waals surface area (Å²) in [4.78, 5) is 49.5. The molecule has 294 valence electrons. The van der Waals surface area contributed by atoms with Crippen molar-refractivity contribution >= 4 is 52.1 Å². The number of anilines is 4. The number of para-hydroxylation sites is 2. The highest BCUT2D eigenvalue weighted by Crippen LogP contribution is 2.46. The first-order valence-corrected chi connectivity index (χ1v) is 20.8. The molecule has 5 heterocycles. The molecule has 5 fully saturated rings. The largest absolute Gasteiger partial charge is 0.372 e. The number of hydrogen-bond acceptors (Lipinski definition) is 9. The fourth-order valence-electron chi connectivity index (χ4n) is 9.78. The van der Waals surface area contributed by atoms with Crippen molar-refractivity contribution in [1.82, 2.24) is 15.1 Å². The average molecular weight is 777 g/mol. The van der Waals surface area contributed by atoms with Gasteiger partial charge in [0.2, 0.25) is 11.8 Å². The van der Waals surface area contributed by atoms with E-state index in [2.05, 4.69) is 61.4 Å². The highest BCUT2D eigenvalue weighted by Gasteiger charge is 2.44. The van der Waals surface area contributed by atoms with Gasteiger partial charge in [-0.1, -0.05) is 23.7 Å². The lowest BCUT2D eigenvalue weighted by Crippen LogP contribution is -2.50. The summed E-state index contributed by atoms with van der Waals surface area (Å²) >= 11 is 6.38. The fraction of sp³-hybridized carbons (Fsp3) is 0.500. The van der Waals surface area contributed by atoms with Crippen molar-refractivity contribution in [2.75, 3.05) is 85.5 Å². The number of halogens is 1. The fourth-order valence-corrected chi connectivity index (χ4v) is 10.00. The van der Waals surface area contributed by atoms with E-state index in [9.17, 15) is 19.6 Å². The third-order valence-electron chi connectivity index (χ3n) is 13.1. The quantitative estimate of drug-likeness (QED) is 0.267. The van der Waals surface area contributed by atoms with Crippen molar-refractivity contribution < 1.29 is 14.4 Å². The molecule has 1 spiro atoms. The van der Waals surface area contributed by atoms with Crippen molar-refractivity contribution in [2.45, 2.75) is 64.0 Å². The van der Waals surface area contributed by atoms with Gasteiger partial charge in [0.1, 0.15) is 12.1 Å². The van der Waals surface area contributed by atoms with Gasteiger partial charge in [-0.2, -0.15) is 5.26 Å². The molecule has 5 aliphatic rings. The van der Waals surface area contributed by atoms with Crippen molar-refractivity contribution in [1.29, 1.82) is 5.26 Å². The zero-order valence-corrected chi connectivity index (χ0v) is 33.1. The van der Waals surface area contributed by atoms with Gasteiger partial charge in [0, 0.05) is 94.8 Å². The molecule has 3 aromatic rings. The van der Waals surface area contributed by atoms with Gasteiger partial charge in [-0.25, -0.2) is 0 Å². The van der Waals surface area contributed by atoms with Crippen LogP contribution in [0.4, 0.5) is 22.7 Å². The van der Waals surface area contributed by atoms with Crippen LogP contribution in [0, 0.1) is 22.7 Å². The van der Waals surface area contributed by atoms with E-state index in [0.717, 1.165) is 120 Å². The van der Waals surface area contributed by atoms with Crippen LogP contribution in [0.5, 0.6) is 0 Å². The van der Waals surface area contributed by atoms with Gasteiger partial charge in [0.05, 0.1) is 22.0 Å². The predicted molar refractivity (Wildman–Crippen MR) is 221 cm³/mol. The minimum atomic E-state index is -0.404. The summed E-state index contributed by atoms with van der Waals surface area (Å²) in [5.74, 6) is 0.251. The molecule has 0 unspecified atom stereocenters. The van der Waals surface area contributed by atoms with Crippen molar-refractivity contribution in [3.05, 3.63) is 82.9 Å². The van der Waals surface area contributed by atoms with E-state index in [-0.39, 0.29) is 23.1 Å². The van der Waals surface area contributed by atoms with E-state index in [1.54, 1.807) is 0 Å². The van der Waals surface area contributed by atoms with Gasteiger partial charge in [-0.15, -0.1) is 0 Å². The standard InChI is InChI=1S/C44H53ClN8O3/c1-31-27-44(30-53(31)36-11-8-34(28-46)37(45)26-36)16-20-50(21-17-44)35-9-6-33(7-10-35)43(56)52-18-14-32(15-19-52)29-49-22-24-51(25-23-49)40-5-3-2-4-38(40)47-39-12-13-41(54)48-42(39)55/h2-11,26,31-32,39,47H,12-25,27,29-30H2,1H3,(H,48,54,55)/t31-,39+/m1/s1. The Kier molecular flexibility index (Phi) is 11.1. The SMILES string of the molecule is C[C@@H]1CC2(CCN(c3ccc(C(=O)N4CCC(CN5CCN(c6ccccc6N[C@H]6CCC(=O)NC6=O)CC5)CC4)cc3)CC2)CN1c1ccc(C#N)c(Cl)c1. The molecule has 12 heteroatoms. The third-order valence-corrected chi connectivity index (χ3v) is 13.4. The van der Waals surface area contributed by atoms with Crippen LogP contribution in [0.25, 0.3) is 0 Å². The molecule has 5 saturated heterocycles. The van der Waals surface area contributed by atoms with Gasteiger partial charge >= 0.3 is 0 Å². The molecule has 5 aliphatic heterocycles. The number of benzene rings is 3. The Morgan fingerprint density at radius 3 is 2.30 bits per heavy atom. The lowest BCUT2D eigenvalue weighted by atomic mass is 9.76. The Bertz CT molecular complexity index is 1960. The van der Waals surface area contributed by atoms with Crippen molar-refractivity contribution in [3.63, 3.8) is 0 Å². The number of carbonyl (C=O) groups is 3. The highest BCUT2D eigenvalue weighted by atomic mass is 35.5. The van der Waals surface area contributed by atoms with Crippen LogP contribution in [-0.2, 0) is 9.59 Å². The van der Waals surface area contributed by atoms with Crippen LogP contribution in [-0.4, -0.2) is 105 Å². The maximum absolute atomic E-state index is 13.6. The Hall–Kier alpha value is -4.79. The second-order valence-corrected chi connectivity index (χ2v) is 17.1. The topological polar surface area (TPSA) is 115 Å². The normalized spacial score (nSPS) is 23.3. The Morgan fingerprint density at radius 1 is 0.893 bits per heavy atom. The molecular formula is C44H53ClN8O3. The number of likely N-dealkylation sites (tertiary alicyclic amines) is 1. The molecule has 2 N–H and O–H groups in total. The number of piperazine rings is 1. The minimum Gasteiger partial charge on any atom is -0.372 e. The molecule has 0 aliphatic carbocycles. The Balaban J connectivity index is 0.773. The van der Waals surface area contributed by atoms with Crippen LogP contribution < -0.4 is 25.3 Å². The summed E-state index contributed by atoms with van der Waals surface area (Å²) in [5, 5.41) is 15.6. The number of carbonyl (C=O) groups excluding carboxylic acids is 3. The van der Waals surface area contributed by atoms with Crippen LogP contribution in [0.3, 0.4) is 0 Å². The van der Waals surface area contributed by atoms with Crippen molar-refractivity contribution in [3.8, 4) is 6.07 Å². The van der Waals surface area contributed by atoms with Crippen molar-refractivity contribution in [2.24, 2.45) is 11.3 Å². The molecule has 8 rings (SSSR count). The summed E-state index contributed by atoms with van der Waals surface area (Å²) in [6, 6.07) is 24.4. The first-order chi connectivity index (χ1) is 27.2. The Labute approximate surface area is 335 Å². The molecule has 0 radical (unpaired) electrons. The molecule has 56 heavy (non-hydrogen) atoms. The maximum atomic E-state index is 13.6. The van der Waals surface area contributed by atoms with E-state index < -0.39 is 6.04 Å². The van der Waals surface area contributed by atoms with Crippen LogP contribution in [0.15, 0.2) is 66.7 Å². The van der Waals surface area contributed by atoms with E-state index >= 15 is 0 Å². The third kappa shape index (κ3) is 8.19. The highest BCUT2D eigenvalue weighted by molar-refractivity contribution is 6.32. The molecule has 3 amide bonds. The van der Waals surface area contributed by atoms with Crippen LogP contribution in [0.1, 0.15) is 67.8 Å². The molecule has 3 aromatic carbocycles. The van der Waals surface area contributed by atoms with Gasteiger partial charge in [0.15, 0.2) is 0 Å². The summed E-state index contributed by atoms with van der Waals surface area (Å²) in [5.41, 5.74) is 5.88. The smallest absolute Gasteiger partial charge is 0.253 e. The molecule has 11 nitrogen and oxygen atoms in total. The molecule has 0 saturated carbocycles. The van der Waals surface area contributed by atoms with Crippen LogP contribution >= 0.6 is 11.6 Å². The first-order valence-electron chi connectivity index (χ1n) is 20.4. The average Bonchev–Trinajstić information content (AvgIpc) is 3.54. The van der Waals surface area contributed by atoms with Gasteiger partial charge < -0.3 is 24.9 Å². The van der Waals surface area contributed by atoms with Crippen LogP contribution in [0.2, 0.25) is 5.02 Å². The number of piperidine rings is 3. The molecular weight excluding hydrogens is 724 g/mol. The lowest BCUT2D eigenvalue weighted by molar-refractivity contribution is -0.133. The van der Waals surface area contributed by atoms with Gasteiger partial charge in [-0.05, 0) is 111 Å². The summed E-state index contributed by atoms with van der Waals surface area (Å²) in [6.45, 7) is 11.7. The van der Waals surface area contributed by atoms with E-state index in [1.807, 2.05) is 53.4 Å². The van der Waals surface area contributed by atoms with E-state index in [4.69, 9.17) is 11.6 Å². The predicted octanol–water partition coefficient (Wildman–Crippen LogP) is 5.99. The summed E-state index contributed by atoms with van der Waals surface area (Å²) in [6.07, 6.45) is 6.30. The lowest BCUT2D eigenvalue weighted by Gasteiger charge is -2.40. The maximum Gasteiger partial charge on any atom is 0.253 e. The zero-order chi connectivity index (χ0) is 38.8. The minimum absolute atomic E-state index is 0.133. The number of rotatable bonds is 8. The number of nitrogens with one attached hydrogen (secondary N) is 2. The molecule has 2 atom stereocenters. The second-order valence-electron chi connectivity index (χ2n) is 16.7. The summed E-state index contributed by atoms with van der Waals surface area (Å²) in [7, 11) is 0. The van der Waals surface area contributed by atoms with Gasteiger partial charge in [0.25, 0.3) is 5.91 Å². The second kappa shape index (κ2) is 16.4. The van der Waals surface area contributed by atoms with E-state index in [0.29, 0.717) is 35.4 Å².